The van der Waals surface area contributed by atoms with Crippen molar-refractivity contribution >= 4 is 0 Å². The van der Waals surface area contributed by atoms with E-state index < -0.39 is 0 Å². The van der Waals surface area contributed by atoms with E-state index in [1.165, 1.54) is 11.1 Å². The van der Waals surface area contributed by atoms with Gasteiger partial charge in [-0.2, -0.15) is 0 Å². The Hall–Kier alpha value is -2.85. The number of rotatable bonds is 5. The van der Waals surface area contributed by atoms with Crippen LogP contribution in [0.5, 0.6) is 5.75 Å². The average molecular weight is 389 g/mol. The van der Waals surface area contributed by atoms with Crippen LogP contribution >= 0.6 is 0 Å². The van der Waals surface area contributed by atoms with E-state index in [4.69, 9.17) is 0 Å². The number of phenolic OH excluding ortho intramolecular Hbond substituents is 1. The van der Waals surface area contributed by atoms with Gasteiger partial charge in [-0.25, -0.2) is 0 Å². The fraction of sp³-hybridized carbons (Fsp3) is 0.320. The van der Waals surface area contributed by atoms with Gasteiger partial charge in [-0.3, -0.25) is 9.69 Å². The van der Waals surface area contributed by atoms with Crippen molar-refractivity contribution in [2.75, 3.05) is 6.54 Å². The zero-order valence-corrected chi connectivity index (χ0v) is 17.1. The van der Waals surface area contributed by atoms with E-state index in [1.54, 1.807) is 12.1 Å². The molecule has 0 radical (unpaired) electrons. The molecule has 0 bridgehead atoms. The largest absolute Gasteiger partial charge is 0.508 e. The summed E-state index contributed by atoms with van der Waals surface area (Å²) in [6, 6.07) is 20.0. The quantitative estimate of drug-likeness (QED) is 0.715. The molecule has 0 saturated heterocycles. The molecule has 4 nitrogen and oxygen atoms in total. The van der Waals surface area contributed by atoms with Crippen molar-refractivity contribution in [2.24, 2.45) is 7.05 Å². The average Bonchev–Trinajstić information content (AvgIpc) is 2.76. The number of hydrogen-bond acceptors (Lipinski definition) is 3. The van der Waals surface area contributed by atoms with Crippen LogP contribution in [0.3, 0.4) is 0 Å². The molecule has 1 aromatic heterocycles. The summed E-state index contributed by atoms with van der Waals surface area (Å²) in [4.78, 5) is 15.4. The van der Waals surface area contributed by atoms with E-state index in [1.807, 2.05) is 54.1 Å². The molecule has 0 spiro atoms. The lowest BCUT2D eigenvalue weighted by Crippen LogP contribution is -2.40. The first-order chi connectivity index (χ1) is 14.0. The molecule has 2 heterocycles. The zero-order chi connectivity index (χ0) is 20.4. The number of aromatic hydroxyl groups is 1. The monoisotopic (exact) mass is 388 g/mol. The van der Waals surface area contributed by atoms with E-state index in [9.17, 15) is 9.90 Å². The van der Waals surface area contributed by atoms with Gasteiger partial charge in [-0.1, -0.05) is 42.5 Å². The Morgan fingerprint density at radius 3 is 2.52 bits per heavy atom. The minimum Gasteiger partial charge on any atom is -0.508 e. The molecule has 0 fully saturated rings. The van der Waals surface area contributed by atoms with Crippen LogP contribution < -0.4 is 5.56 Å². The van der Waals surface area contributed by atoms with Crippen molar-refractivity contribution in [2.45, 2.75) is 38.8 Å². The van der Waals surface area contributed by atoms with Gasteiger partial charge in [0, 0.05) is 43.9 Å². The Morgan fingerprint density at radius 1 is 1.07 bits per heavy atom. The highest BCUT2D eigenvalue weighted by Gasteiger charge is 2.24. The highest BCUT2D eigenvalue weighted by Crippen LogP contribution is 2.25. The molecular formula is C25H28N2O2. The first-order valence-electron chi connectivity index (χ1n) is 10.3. The molecule has 4 heteroatoms. The molecule has 150 valence electrons. The van der Waals surface area contributed by atoms with Crippen LogP contribution in [0.1, 0.15) is 30.2 Å². The van der Waals surface area contributed by atoms with Crippen molar-refractivity contribution in [3.8, 4) is 16.9 Å². The lowest BCUT2D eigenvalue weighted by Gasteiger charge is -2.34. The molecule has 29 heavy (non-hydrogen) atoms. The van der Waals surface area contributed by atoms with Crippen molar-refractivity contribution in [1.29, 1.82) is 0 Å². The zero-order valence-electron chi connectivity index (χ0n) is 17.1. The van der Waals surface area contributed by atoms with Crippen molar-refractivity contribution in [3.05, 3.63) is 87.8 Å². The molecule has 3 aromatic rings. The summed E-state index contributed by atoms with van der Waals surface area (Å²) >= 11 is 0. The Balaban J connectivity index is 1.52. The maximum absolute atomic E-state index is 12.9. The Bertz CT molecular complexity index is 1040. The van der Waals surface area contributed by atoms with E-state index in [0.29, 0.717) is 11.8 Å². The van der Waals surface area contributed by atoms with Crippen molar-refractivity contribution in [3.63, 3.8) is 0 Å². The van der Waals surface area contributed by atoms with Crippen LogP contribution in [0.2, 0.25) is 0 Å². The maximum Gasteiger partial charge on any atom is 0.258 e. The number of nitrogens with zero attached hydrogens (tertiary/aromatic N) is 2. The summed E-state index contributed by atoms with van der Waals surface area (Å²) in [5, 5.41) is 9.45. The van der Waals surface area contributed by atoms with E-state index in [0.717, 1.165) is 49.2 Å². The number of fused-ring (bicyclic) bond motifs is 1. The smallest absolute Gasteiger partial charge is 0.258 e. The molecule has 1 atom stereocenters. The first kappa shape index (κ1) is 19.5. The minimum absolute atomic E-state index is 0.0868. The van der Waals surface area contributed by atoms with Gasteiger partial charge in [0.05, 0.1) is 0 Å². The van der Waals surface area contributed by atoms with E-state index in [-0.39, 0.29) is 5.56 Å². The SMILES string of the molecule is CC(CCc1ccc(O)cc1)N1CCc2c(cc(-c3ccccc3)c(=O)n2C)C1. The highest BCUT2D eigenvalue weighted by molar-refractivity contribution is 5.63. The highest BCUT2D eigenvalue weighted by atomic mass is 16.3. The normalized spacial score (nSPS) is 15.1. The summed E-state index contributed by atoms with van der Waals surface area (Å²) in [7, 11) is 1.90. The first-order valence-corrected chi connectivity index (χ1v) is 10.3. The molecule has 1 aliphatic heterocycles. The van der Waals surface area contributed by atoms with Crippen LogP contribution in [-0.2, 0) is 26.4 Å². The molecule has 4 rings (SSSR count). The summed E-state index contributed by atoms with van der Waals surface area (Å²) in [5.74, 6) is 0.314. The summed E-state index contributed by atoms with van der Waals surface area (Å²) in [5.41, 5.74) is 5.52. The maximum atomic E-state index is 12.9. The molecule has 1 unspecified atom stereocenters. The van der Waals surface area contributed by atoms with Crippen LogP contribution in [0.25, 0.3) is 11.1 Å². The molecule has 2 aromatic carbocycles. The van der Waals surface area contributed by atoms with Gasteiger partial charge in [0.2, 0.25) is 0 Å². The second-order valence-corrected chi connectivity index (χ2v) is 8.03. The second kappa shape index (κ2) is 8.26. The number of hydrogen-bond donors (Lipinski definition) is 1. The second-order valence-electron chi connectivity index (χ2n) is 8.03. The van der Waals surface area contributed by atoms with Gasteiger partial charge in [0.1, 0.15) is 5.75 Å². The molecular weight excluding hydrogens is 360 g/mol. The standard InChI is InChI=1S/C25H28N2O2/c1-18(8-9-19-10-12-22(28)13-11-19)27-15-14-24-21(17-27)16-23(25(29)26(24)2)20-6-4-3-5-7-20/h3-7,10-13,16,18,28H,8-9,14-15,17H2,1-2H3. The van der Waals surface area contributed by atoms with Crippen LogP contribution in [0.4, 0.5) is 0 Å². The fourth-order valence-electron chi connectivity index (χ4n) is 4.27. The van der Waals surface area contributed by atoms with Gasteiger partial charge in [0.15, 0.2) is 0 Å². The van der Waals surface area contributed by atoms with Gasteiger partial charge in [0.25, 0.3) is 5.56 Å². The summed E-state index contributed by atoms with van der Waals surface area (Å²) in [6.07, 6.45) is 2.96. The van der Waals surface area contributed by atoms with Crippen LogP contribution in [0.15, 0.2) is 65.5 Å². The van der Waals surface area contributed by atoms with Gasteiger partial charge < -0.3 is 9.67 Å². The number of benzene rings is 2. The predicted molar refractivity (Wildman–Crippen MR) is 117 cm³/mol. The summed E-state index contributed by atoms with van der Waals surface area (Å²) in [6.45, 7) is 4.13. The van der Waals surface area contributed by atoms with Crippen LogP contribution in [-0.4, -0.2) is 27.2 Å². The number of phenols is 1. The van der Waals surface area contributed by atoms with Gasteiger partial charge in [-0.05, 0) is 54.7 Å². The van der Waals surface area contributed by atoms with E-state index >= 15 is 0 Å². The number of pyridine rings is 1. The Labute approximate surface area is 172 Å². The molecule has 0 aliphatic carbocycles. The molecule has 1 aliphatic rings. The number of aromatic nitrogens is 1. The van der Waals surface area contributed by atoms with Crippen molar-refractivity contribution in [1.82, 2.24) is 9.47 Å². The molecule has 0 saturated carbocycles. The third kappa shape index (κ3) is 4.13. The van der Waals surface area contributed by atoms with Gasteiger partial charge in [-0.15, -0.1) is 0 Å². The van der Waals surface area contributed by atoms with Gasteiger partial charge >= 0.3 is 0 Å². The molecule has 0 amide bonds. The number of aryl methyl sites for hydroxylation is 1. The Morgan fingerprint density at radius 2 is 1.79 bits per heavy atom. The summed E-state index contributed by atoms with van der Waals surface area (Å²) < 4.78 is 1.84. The lowest BCUT2D eigenvalue weighted by molar-refractivity contribution is 0.179. The topological polar surface area (TPSA) is 45.5 Å². The van der Waals surface area contributed by atoms with Crippen molar-refractivity contribution < 1.29 is 5.11 Å². The predicted octanol–water partition coefficient (Wildman–Crippen LogP) is 4.14. The minimum atomic E-state index is 0.0868. The Kier molecular flexibility index (Phi) is 5.54. The van der Waals surface area contributed by atoms with Crippen LogP contribution in [0, 0.1) is 0 Å². The fourth-order valence-corrected chi connectivity index (χ4v) is 4.27. The lowest BCUT2D eigenvalue weighted by atomic mass is 9.97. The molecule has 1 N–H and O–H groups in total. The third-order valence-corrected chi connectivity index (χ3v) is 6.13. The third-order valence-electron chi connectivity index (χ3n) is 6.13. The van der Waals surface area contributed by atoms with E-state index in [2.05, 4.69) is 17.9 Å².